The Balaban J connectivity index is 2.32. The fourth-order valence-electron chi connectivity index (χ4n) is 2.74. The van der Waals surface area contributed by atoms with Crippen LogP contribution in [-0.2, 0) is 10.2 Å². The van der Waals surface area contributed by atoms with E-state index in [1.165, 1.54) is 7.11 Å². The third kappa shape index (κ3) is 2.34. The van der Waals surface area contributed by atoms with Crippen molar-refractivity contribution in [2.75, 3.05) is 13.7 Å². The Bertz CT molecular complexity index is 506. The third-order valence-corrected chi connectivity index (χ3v) is 3.83. The van der Waals surface area contributed by atoms with Gasteiger partial charge < -0.3 is 10.5 Å². The lowest BCUT2D eigenvalue weighted by molar-refractivity contribution is -0.123. The van der Waals surface area contributed by atoms with Crippen molar-refractivity contribution in [3.05, 3.63) is 34.9 Å². The first-order valence-electron chi connectivity index (χ1n) is 6.11. The molecule has 2 rings (SSSR count). The minimum Gasteiger partial charge on any atom is -0.465 e. The largest absolute Gasteiger partial charge is 0.465 e. The number of hydrogen-bond acceptors (Lipinski definition) is 3. The molecule has 0 radical (unpaired) electrons. The average Bonchev–Trinajstić information content (AvgIpc) is 2.34. The fourth-order valence-corrected chi connectivity index (χ4v) is 2.74. The van der Waals surface area contributed by atoms with Crippen molar-refractivity contribution in [3.63, 3.8) is 0 Å². The fraction of sp³-hybridized carbons (Fsp3) is 0.500. The van der Waals surface area contributed by atoms with Gasteiger partial charge >= 0.3 is 5.97 Å². The summed E-state index contributed by atoms with van der Waals surface area (Å²) >= 11 is 0. The van der Waals surface area contributed by atoms with Crippen molar-refractivity contribution < 1.29 is 18.3 Å². The van der Waals surface area contributed by atoms with Crippen LogP contribution >= 0.6 is 0 Å². The monoisotopic (exact) mass is 269 g/mol. The van der Waals surface area contributed by atoms with E-state index >= 15 is 0 Å². The molecule has 0 spiro atoms. The number of aryl methyl sites for hydroxylation is 1. The third-order valence-electron chi connectivity index (χ3n) is 3.83. The van der Waals surface area contributed by atoms with Gasteiger partial charge in [-0.25, -0.2) is 13.6 Å². The summed E-state index contributed by atoms with van der Waals surface area (Å²) in [5, 5.41) is 0. The van der Waals surface area contributed by atoms with Crippen LogP contribution in [0.2, 0.25) is 0 Å². The number of halogens is 2. The van der Waals surface area contributed by atoms with Gasteiger partial charge in [0.15, 0.2) is 0 Å². The molecule has 1 fully saturated rings. The molecule has 1 saturated carbocycles. The van der Waals surface area contributed by atoms with Crippen molar-refractivity contribution >= 4 is 5.97 Å². The predicted molar refractivity (Wildman–Crippen MR) is 67.4 cm³/mol. The standard InChI is InChI=1S/C14H17F2NO2/c1-9-5-10(3-4-11(9)12(18)19-2)13(8-17)6-14(15,16)7-13/h3-5H,6-8,17H2,1-2H3. The van der Waals surface area contributed by atoms with Crippen LogP contribution in [0.3, 0.4) is 0 Å². The first-order chi connectivity index (χ1) is 8.83. The van der Waals surface area contributed by atoms with E-state index in [2.05, 4.69) is 4.74 Å². The van der Waals surface area contributed by atoms with Crippen LogP contribution in [0.25, 0.3) is 0 Å². The SMILES string of the molecule is COC(=O)c1ccc(C2(CN)CC(F)(F)C2)cc1C. The van der Waals surface area contributed by atoms with Gasteiger partial charge in [0.1, 0.15) is 0 Å². The Labute approximate surface area is 110 Å². The molecule has 2 N–H and O–H groups in total. The van der Waals surface area contributed by atoms with Crippen LogP contribution in [0.15, 0.2) is 18.2 Å². The summed E-state index contributed by atoms with van der Waals surface area (Å²) in [5.74, 6) is -3.06. The van der Waals surface area contributed by atoms with Gasteiger partial charge in [-0.2, -0.15) is 0 Å². The molecule has 0 bridgehead atoms. The van der Waals surface area contributed by atoms with Crippen LogP contribution in [0.4, 0.5) is 8.78 Å². The van der Waals surface area contributed by atoms with Crippen LogP contribution in [0, 0.1) is 6.92 Å². The molecule has 0 atom stereocenters. The molecule has 0 aromatic heterocycles. The first-order valence-corrected chi connectivity index (χ1v) is 6.11. The maximum absolute atomic E-state index is 13.1. The number of esters is 1. The molecule has 5 heteroatoms. The Kier molecular flexibility index (Phi) is 3.34. The van der Waals surface area contributed by atoms with E-state index in [4.69, 9.17) is 5.73 Å². The lowest BCUT2D eigenvalue weighted by Crippen LogP contribution is -2.53. The minimum absolute atomic E-state index is 0.180. The van der Waals surface area contributed by atoms with Crippen molar-refractivity contribution in [2.45, 2.75) is 31.1 Å². The van der Waals surface area contributed by atoms with E-state index in [9.17, 15) is 13.6 Å². The smallest absolute Gasteiger partial charge is 0.338 e. The number of carbonyl (C=O) groups excluding carboxylic acids is 1. The second-order valence-corrected chi connectivity index (χ2v) is 5.22. The number of carbonyl (C=O) groups is 1. The molecule has 1 aromatic carbocycles. The second kappa shape index (κ2) is 4.56. The number of nitrogens with two attached hydrogens (primary N) is 1. The summed E-state index contributed by atoms with van der Waals surface area (Å²) in [7, 11) is 1.31. The minimum atomic E-state index is -2.63. The van der Waals surface area contributed by atoms with Gasteiger partial charge in [0.25, 0.3) is 0 Å². The van der Waals surface area contributed by atoms with Crippen LogP contribution in [-0.4, -0.2) is 25.5 Å². The topological polar surface area (TPSA) is 52.3 Å². The van der Waals surface area contributed by atoms with Gasteiger partial charge in [-0.3, -0.25) is 0 Å². The highest BCUT2D eigenvalue weighted by molar-refractivity contribution is 5.91. The Morgan fingerprint density at radius 3 is 2.47 bits per heavy atom. The van der Waals surface area contributed by atoms with Gasteiger partial charge in [0.2, 0.25) is 5.92 Å². The normalized spacial score (nSPS) is 19.6. The van der Waals surface area contributed by atoms with Gasteiger partial charge in [-0.15, -0.1) is 0 Å². The zero-order chi connectivity index (χ0) is 14.3. The second-order valence-electron chi connectivity index (χ2n) is 5.22. The molecule has 0 heterocycles. The van der Waals surface area contributed by atoms with E-state index in [-0.39, 0.29) is 19.4 Å². The molecule has 104 valence electrons. The van der Waals surface area contributed by atoms with Crippen molar-refractivity contribution in [2.24, 2.45) is 5.73 Å². The van der Waals surface area contributed by atoms with E-state index in [0.717, 1.165) is 5.56 Å². The van der Waals surface area contributed by atoms with Crippen molar-refractivity contribution in [3.8, 4) is 0 Å². The number of alkyl halides is 2. The molecule has 1 aliphatic carbocycles. The van der Waals surface area contributed by atoms with Crippen LogP contribution in [0.1, 0.15) is 34.3 Å². The molecule has 0 saturated heterocycles. The number of rotatable bonds is 3. The lowest BCUT2D eigenvalue weighted by atomic mass is 9.62. The number of hydrogen-bond donors (Lipinski definition) is 1. The average molecular weight is 269 g/mol. The van der Waals surface area contributed by atoms with Crippen molar-refractivity contribution in [1.82, 2.24) is 0 Å². The summed E-state index contributed by atoms with van der Waals surface area (Å²) in [4.78, 5) is 11.5. The molecular formula is C14H17F2NO2. The summed E-state index contributed by atoms with van der Waals surface area (Å²) in [5.41, 5.74) is 6.94. The Morgan fingerprint density at radius 1 is 1.42 bits per heavy atom. The van der Waals surface area contributed by atoms with Crippen LogP contribution < -0.4 is 5.73 Å². The maximum Gasteiger partial charge on any atom is 0.338 e. The highest BCUT2D eigenvalue weighted by Crippen LogP contribution is 2.52. The zero-order valence-corrected chi connectivity index (χ0v) is 11.0. The zero-order valence-electron chi connectivity index (χ0n) is 11.0. The van der Waals surface area contributed by atoms with E-state index in [1.807, 2.05) is 0 Å². The number of benzene rings is 1. The molecule has 3 nitrogen and oxygen atoms in total. The van der Waals surface area contributed by atoms with E-state index in [0.29, 0.717) is 11.1 Å². The van der Waals surface area contributed by atoms with E-state index < -0.39 is 17.3 Å². The van der Waals surface area contributed by atoms with Crippen molar-refractivity contribution in [1.29, 1.82) is 0 Å². The molecule has 19 heavy (non-hydrogen) atoms. The Hall–Kier alpha value is -1.49. The van der Waals surface area contributed by atoms with Crippen LogP contribution in [0.5, 0.6) is 0 Å². The quantitative estimate of drug-likeness (QED) is 0.857. The first kappa shape index (κ1) is 13.9. The predicted octanol–water partition coefficient (Wildman–Crippen LogP) is 2.41. The number of methoxy groups -OCH3 is 1. The van der Waals surface area contributed by atoms with Gasteiger partial charge in [-0.1, -0.05) is 12.1 Å². The number of ether oxygens (including phenoxy) is 1. The van der Waals surface area contributed by atoms with Gasteiger partial charge in [0, 0.05) is 24.8 Å². The molecule has 1 aliphatic rings. The molecule has 0 aliphatic heterocycles. The summed E-state index contributed by atoms with van der Waals surface area (Å²) in [6, 6.07) is 5.07. The maximum atomic E-state index is 13.1. The van der Waals surface area contributed by atoms with Gasteiger partial charge in [-0.05, 0) is 24.1 Å². The lowest BCUT2D eigenvalue weighted by Gasteiger charge is -2.47. The summed E-state index contributed by atoms with van der Waals surface area (Å²) in [6.07, 6.45) is -0.457. The molecule has 0 amide bonds. The molecule has 0 unspecified atom stereocenters. The highest BCUT2D eigenvalue weighted by atomic mass is 19.3. The molecular weight excluding hydrogens is 252 g/mol. The van der Waals surface area contributed by atoms with Gasteiger partial charge in [0.05, 0.1) is 12.7 Å². The molecule has 1 aromatic rings. The highest BCUT2D eigenvalue weighted by Gasteiger charge is 2.56. The Morgan fingerprint density at radius 2 is 2.05 bits per heavy atom. The van der Waals surface area contributed by atoms with E-state index in [1.54, 1.807) is 25.1 Å². The summed E-state index contributed by atoms with van der Waals surface area (Å²) < 4.78 is 30.9. The summed E-state index contributed by atoms with van der Waals surface area (Å²) in [6.45, 7) is 1.94.